The highest BCUT2D eigenvalue weighted by molar-refractivity contribution is 5.72. The average molecular weight is 539 g/mol. The van der Waals surface area contributed by atoms with Gasteiger partial charge >= 0.3 is 6.18 Å². The molecular formula is C32H25F3N4O. The number of aromatic nitrogens is 3. The van der Waals surface area contributed by atoms with Crippen molar-refractivity contribution in [2.45, 2.75) is 33.1 Å². The lowest BCUT2D eigenvalue weighted by atomic mass is 9.99. The van der Waals surface area contributed by atoms with E-state index in [-0.39, 0.29) is 12.2 Å². The van der Waals surface area contributed by atoms with Crippen LogP contribution >= 0.6 is 0 Å². The van der Waals surface area contributed by atoms with E-state index in [1.165, 1.54) is 10.6 Å². The summed E-state index contributed by atoms with van der Waals surface area (Å²) in [5, 5.41) is 14.0. The van der Waals surface area contributed by atoms with Gasteiger partial charge in [0.1, 0.15) is 11.6 Å². The zero-order chi connectivity index (χ0) is 28.4. The molecule has 0 radical (unpaired) electrons. The highest BCUT2D eigenvalue weighted by Gasteiger charge is 2.36. The third-order valence-corrected chi connectivity index (χ3v) is 6.86. The molecule has 8 heteroatoms. The third-order valence-electron chi connectivity index (χ3n) is 6.86. The SMILES string of the molecule is Cc1ccc(Cn2c(-c3cccc(-c4cnn(Cc5ccccc5)c4)c3)cc(C(F)(F)F)c(C#N)c2=O)c(C)c1. The zero-order valence-electron chi connectivity index (χ0n) is 21.9. The Balaban J connectivity index is 1.62. The molecule has 40 heavy (non-hydrogen) atoms. The first-order valence-corrected chi connectivity index (χ1v) is 12.6. The van der Waals surface area contributed by atoms with Crippen LogP contribution in [0.1, 0.15) is 33.4 Å². The Morgan fingerprint density at radius 3 is 2.33 bits per heavy atom. The Morgan fingerprint density at radius 1 is 0.875 bits per heavy atom. The van der Waals surface area contributed by atoms with Gasteiger partial charge in [0, 0.05) is 11.8 Å². The largest absolute Gasteiger partial charge is 0.417 e. The summed E-state index contributed by atoms with van der Waals surface area (Å²) in [4.78, 5) is 13.4. The van der Waals surface area contributed by atoms with Gasteiger partial charge in [0.15, 0.2) is 0 Å². The number of rotatable bonds is 6. The van der Waals surface area contributed by atoms with Crippen molar-refractivity contribution in [3.63, 3.8) is 0 Å². The second kappa shape index (κ2) is 10.7. The van der Waals surface area contributed by atoms with Crippen molar-refractivity contribution < 1.29 is 13.2 Å². The molecule has 0 unspecified atom stereocenters. The van der Waals surface area contributed by atoms with Crippen molar-refractivity contribution in [3.05, 3.63) is 135 Å². The molecule has 0 atom stereocenters. The minimum atomic E-state index is -4.87. The highest BCUT2D eigenvalue weighted by atomic mass is 19.4. The summed E-state index contributed by atoms with van der Waals surface area (Å²) in [7, 11) is 0. The van der Waals surface area contributed by atoms with Crippen LogP contribution in [0.25, 0.3) is 22.4 Å². The maximum absolute atomic E-state index is 14.0. The van der Waals surface area contributed by atoms with Crippen LogP contribution in [0.4, 0.5) is 13.2 Å². The van der Waals surface area contributed by atoms with Crippen LogP contribution in [0.3, 0.4) is 0 Å². The van der Waals surface area contributed by atoms with E-state index < -0.39 is 22.9 Å². The van der Waals surface area contributed by atoms with E-state index in [4.69, 9.17) is 0 Å². The lowest BCUT2D eigenvalue weighted by Crippen LogP contribution is -2.29. The number of halogens is 3. The molecule has 200 valence electrons. The molecule has 0 aliphatic rings. The molecule has 0 aliphatic carbocycles. The van der Waals surface area contributed by atoms with Gasteiger partial charge in [-0.05, 0) is 53.8 Å². The molecule has 5 nitrogen and oxygen atoms in total. The van der Waals surface area contributed by atoms with E-state index in [9.17, 15) is 23.2 Å². The number of alkyl halides is 3. The van der Waals surface area contributed by atoms with Gasteiger partial charge in [-0.25, -0.2) is 0 Å². The van der Waals surface area contributed by atoms with Gasteiger partial charge in [0.2, 0.25) is 0 Å². The van der Waals surface area contributed by atoms with E-state index in [1.54, 1.807) is 29.1 Å². The summed E-state index contributed by atoms with van der Waals surface area (Å²) in [6.07, 6.45) is -1.30. The number of pyridine rings is 1. The lowest BCUT2D eigenvalue weighted by molar-refractivity contribution is -0.137. The Morgan fingerprint density at radius 2 is 1.62 bits per heavy atom. The third kappa shape index (κ3) is 5.45. The molecule has 0 saturated heterocycles. The number of hydrogen-bond acceptors (Lipinski definition) is 3. The van der Waals surface area contributed by atoms with Gasteiger partial charge < -0.3 is 4.57 Å². The van der Waals surface area contributed by atoms with Crippen molar-refractivity contribution in [3.8, 4) is 28.5 Å². The predicted molar refractivity (Wildman–Crippen MR) is 148 cm³/mol. The summed E-state index contributed by atoms with van der Waals surface area (Å²) < 4.78 is 45.0. The van der Waals surface area contributed by atoms with E-state index >= 15 is 0 Å². The van der Waals surface area contributed by atoms with E-state index in [1.807, 2.05) is 74.6 Å². The van der Waals surface area contributed by atoms with E-state index in [0.29, 0.717) is 12.1 Å². The number of aryl methyl sites for hydroxylation is 2. The fourth-order valence-corrected chi connectivity index (χ4v) is 4.80. The number of nitrogens with zero attached hydrogens (tertiary/aromatic N) is 4. The van der Waals surface area contributed by atoms with Crippen LogP contribution in [-0.4, -0.2) is 14.3 Å². The van der Waals surface area contributed by atoms with Gasteiger partial charge in [-0.1, -0.05) is 72.3 Å². The van der Waals surface area contributed by atoms with Crippen LogP contribution in [0, 0.1) is 25.2 Å². The number of benzene rings is 3. The minimum absolute atomic E-state index is 0.0202. The van der Waals surface area contributed by atoms with Crippen molar-refractivity contribution in [1.82, 2.24) is 14.3 Å². The molecule has 0 N–H and O–H groups in total. The van der Waals surface area contributed by atoms with Crippen molar-refractivity contribution >= 4 is 0 Å². The number of nitriles is 1. The van der Waals surface area contributed by atoms with Crippen LogP contribution < -0.4 is 5.56 Å². The molecule has 0 saturated carbocycles. The van der Waals surface area contributed by atoms with Crippen molar-refractivity contribution in [2.75, 3.05) is 0 Å². The summed E-state index contributed by atoms with van der Waals surface area (Å²) in [6.45, 7) is 4.41. The summed E-state index contributed by atoms with van der Waals surface area (Å²) in [5.74, 6) is 0. The van der Waals surface area contributed by atoms with Crippen molar-refractivity contribution in [1.29, 1.82) is 5.26 Å². The molecule has 3 aromatic carbocycles. The second-order valence-corrected chi connectivity index (χ2v) is 9.74. The Labute approximate surface area is 229 Å². The smallest absolute Gasteiger partial charge is 0.303 e. The van der Waals surface area contributed by atoms with Crippen LogP contribution in [0.5, 0.6) is 0 Å². The topological polar surface area (TPSA) is 63.6 Å². The van der Waals surface area contributed by atoms with Gasteiger partial charge in [-0.15, -0.1) is 0 Å². The maximum atomic E-state index is 14.0. The first kappa shape index (κ1) is 26.7. The molecule has 0 amide bonds. The van der Waals surface area contributed by atoms with Crippen molar-refractivity contribution in [2.24, 2.45) is 0 Å². The van der Waals surface area contributed by atoms with Gasteiger partial charge in [-0.2, -0.15) is 23.5 Å². The fraction of sp³-hybridized carbons (Fsp3) is 0.156. The predicted octanol–water partition coefficient (Wildman–Crippen LogP) is 6.98. The second-order valence-electron chi connectivity index (χ2n) is 9.74. The molecule has 2 heterocycles. The Kier molecular flexibility index (Phi) is 7.14. The molecule has 0 spiro atoms. The standard InChI is InChI=1S/C32H25F3N4O/c1-21-11-12-26(22(2)13-21)20-39-30(15-29(32(33,34)35)28(16-36)31(39)40)25-10-6-9-24(14-25)27-17-37-38(19-27)18-23-7-4-3-5-8-23/h3-15,17,19H,18,20H2,1-2H3. The summed E-state index contributed by atoms with van der Waals surface area (Å²) in [5.41, 5.74) is 2.66. The molecule has 0 bridgehead atoms. The molecule has 0 fully saturated rings. The lowest BCUT2D eigenvalue weighted by Gasteiger charge is -2.19. The van der Waals surface area contributed by atoms with Gasteiger partial charge in [0.25, 0.3) is 5.56 Å². The van der Waals surface area contributed by atoms with Gasteiger partial charge in [-0.3, -0.25) is 9.48 Å². The monoisotopic (exact) mass is 538 g/mol. The molecule has 0 aliphatic heterocycles. The summed E-state index contributed by atoms with van der Waals surface area (Å²) >= 11 is 0. The molecule has 5 rings (SSSR count). The molecule has 5 aromatic rings. The van der Waals surface area contributed by atoms with E-state index in [0.717, 1.165) is 39.4 Å². The van der Waals surface area contributed by atoms with Crippen LogP contribution in [-0.2, 0) is 19.3 Å². The first-order valence-electron chi connectivity index (χ1n) is 12.6. The van der Waals surface area contributed by atoms with Gasteiger partial charge in [0.05, 0.1) is 30.5 Å². The Bertz CT molecular complexity index is 1790. The number of hydrogen-bond donors (Lipinski definition) is 0. The molecular weight excluding hydrogens is 513 g/mol. The highest BCUT2D eigenvalue weighted by Crippen LogP contribution is 2.35. The molecule has 2 aromatic heterocycles. The van der Waals surface area contributed by atoms with Crippen LogP contribution in [0.15, 0.2) is 96.1 Å². The first-order chi connectivity index (χ1) is 19.1. The average Bonchev–Trinajstić information content (AvgIpc) is 3.39. The normalized spacial score (nSPS) is 11.4. The van der Waals surface area contributed by atoms with E-state index in [2.05, 4.69) is 5.10 Å². The summed E-state index contributed by atoms with van der Waals surface area (Å²) in [6, 6.07) is 24.9. The minimum Gasteiger partial charge on any atom is -0.303 e. The van der Waals surface area contributed by atoms with Crippen LogP contribution in [0.2, 0.25) is 0 Å². The maximum Gasteiger partial charge on any atom is 0.417 e. The quantitative estimate of drug-likeness (QED) is 0.234. The fourth-order valence-electron chi connectivity index (χ4n) is 4.80. The zero-order valence-corrected chi connectivity index (χ0v) is 21.9. The Hall–Kier alpha value is -4.90.